The van der Waals surface area contributed by atoms with Crippen LogP contribution in [0.15, 0.2) is 89.4 Å². The Bertz CT molecular complexity index is 1600. The maximum absolute atomic E-state index is 11.7. The van der Waals surface area contributed by atoms with E-state index in [1.54, 1.807) is 6.07 Å². The molecule has 208 valence electrons. The van der Waals surface area contributed by atoms with E-state index in [9.17, 15) is 9.59 Å². The zero-order chi connectivity index (χ0) is 28.3. The molecule has 7 rings (SSSR count). The molecule has 0 bridgehead atoms. The van der Waals surface area contributed by atoms with Gasteiger partial charge in [-0.15, -0.1) is 0 Å². The average molecular weight is 632 g/mol. The van der Waals surface area contributed by atoms with Crippen molar-refractivity contribution in [2.24, 2.45) is 0 Å². The van der Waals surface area contributed by atoms with Crippen molar-refractivity contribution in [1.29, 1.82) is 0 Å². The van der Waals surface area contributed by atoms with Gasteiger partial charge in [0.1, 0.15) is 13.2 Å². The minimum Gasteiger partial charge on any atom is -0.457 e. The van der Waals surface area contributed by atoms with E-state index in [0.717, 1.165) is 53.3 Å². The fraction of sp³-hybridized carbons (Fsp3) is 0.212. The number of anilines is 1. The first-order valence-electron chi connectivity index (χ1n) is 13.5. The first-order valence-corrected chi connectivity index (χ1v) is 14.7. The van der Waals surface area contributed by atoms with E-state index in [1.807, 2.05) is 36.4 Å². The molecule has 1 fully saturated rings. The van der Waals surface area contributed by atoms with Crippen LogP contribution in [0.1, 0.15) is 37.4 Å². The summed E-state index contributed by atoms with van der Waals surface area (Å²) in [5, 5.41) is 0.759. The molecule has 0 aromatic heterocycles. The number of carbonyl (C=O) groups is 2. The van der Waals surface area contributed by atoms with Crippen molar-refractivity contribution in [1.82, 2.24) is 4.90 Å². The van der Waals surface area contributed by atoms with Crippen molar-refractivity contribution >= 4 is 45.2 Å². The number of halogens is 2. The van der Waals surface area contributed by atoms with Gasteiger partial charge in [0.25, 0.3) is 0 Å². The molecule has 4 aromatic rings. The highest BCUT2D eigenvalue weighted by molar-refractivity contribution is 9.10. The van der Waals surface area contributed by atoms with Crippen LogP contribution < -0.4 is 4.90 Å². The van der Waals surface area contributed by atoms with Gasteiger partial charge >= 0.3 is 11.9 Å². The second kappa shape index (κ2) is 12.1. The van der Waals surface area contributed by atoms with E-state index in [0.29, 0.717) is 24.3 Å². The molecule has 1 saturated heterocycles. The van der Waals surface area contributed by atoms with Gasteiger partial charge in [0.15, 0.2) is 0 Å². The zero-order valence-corrected chi connectivity index (χ0v) is 24.7. The van der Waals surface area contributed by atoms with E-state index in [-0.39, 0.29) is 11.9 Å². The SMILES string of the molecule is O=C1OCc2cc(Br)ccc21.O=C1OCc2cc(N3CCN(Cc4ccccc4-c4ccc(Cl)cc4)CC3)ccc21. The molecule has 6 nitrogen and oxygen atoms in total. The topological polar surface area (TPSA) is 59.1 Å². The van der Waals surface area contributed by atoms with Crippen molar-refractivity contribution < 1.29 is 19.1 Å². The quantitative estimate of drug-likeness (QED) is 0.224. The lowest BCUT2D eigenvalue weighted by Crippen LogP contribution is -2.46. The second-order valence-corrected chi connectivity index (χ2v) is 11.6. The number of benzene rings is 4. The number of nitrogens with zero attached hydrogens (tertiary/aromatic N) is 2. The summed E-state index contributed by atoms with van der Waals surface area (Å²) in [5.74, 6) is -0.423. The number of piperazine rings is 1. The van der Waals surface area contributed by atoms with Crippen molar-refractivity contribution in [3.8, 4) is 11.1 Å². The zero-order valence-electron chi connectivity index (χ0n) is 22.3. The molecular formula is C33H28BrClN2O4. The molecule has 0 radical (unpaired) electrons. The maximum Gasteiger partial charge on any atom is 0.338 e. The highest BCUT2D eigenvalue weighted by Gasteiger charge is 2.24. The molecular weight excluding hydrogens is 604 g/mol. The Hall–Kier alpha value is -3.65. The lowest BCUT2D eigenvalue weighted by molar-refractivity contribution is 0.0526. The normalized spacial score (nSPS) is 15.9. The first-order chi connectivity index (χ1) is 19.9. The molecule has 3 heterocycles. The third-order valence-corrected chi connectivity index (χ3v) is 8.36. The molecule has 3 aliphatic rings. The van der Waals surface area contributed by atoms with Gasteiger partial charge in [-0.25, -0.2) is 9.59 Å². The highest BCUT2D eigenvalue weighted by atomic mass is 79.9. The van der Waals surface area contributed by atoms with E-state index in [4.69, 9.17) is 21.1 Å². The molecule has 0 N–H and O–H groups in total. The van der Waals surface area contributed by atoms with Crippen LogP contribution in [0.3, 0.4) is 0 Å². The van der Waals surface area contributed by atoms with Gasteiger partial charge in [-0.1, -0.05) is 63.9 Å². The highest BCUT2D eigenvalue weighted by Crippen LogP contribution is 2.29. The molecule has 0 unspecified atom stereocenters. The largest absolute Gasteiger partial charge is 0.457 e. The Morgan fingerprint density at radius 2 is 1.34 bits per heavy atom. The number of hydrogen-bond donors (Lipinski definition) is 0. The van der Waals surface area contributed by atoms with Gasteiger partial charge < -0.3 is 14.4 Å². The van der Waals surface area contributed by atoms with Gasteiger partial charge in [-0.05, 0) is 65.2 Å². The lowest BCUT2D eigenvalue weighted by Gasteiger charge is -2.36. The maximum atomic E-state index is 11.7. The molecule has 3 aliphatic heterocycles. The predicted octanol–water partition coefficient (Wildman–Crippen LogP) is 7.12. The minimum absolute atomic E-state index is 0.208. The lowest BCUT2D eigenvalue weighted by atomic mass is 9.99. The minimum atomic E-state index is -0.215. The Balaban J connectivity index is 0.000000229. The van der Waals surface area contributed by atoms with Crippen molar-refractivity contribution in [2.45, 2.75) is 19.8 Å². The summed E-state index contributed by atoms with van der Waals surface area (Å²) in [5.41, 5.74) is 8.32. The smallest absolute Gasteiger partial charge is 0.338 e. The molecule has 0 saturated carbocycles. The van der Waals surface area contributed by atoms with Gasteiger partial charge in [0.05, 0.1) is 11.1 Å². The molecule has 0 amide bonds. The van der Waals surface area contributed by atoms with E-state index >= 15 is 0 Å². The van der Waals surface area contributed by atoms with Gasteiger partial charge in [-0.2, -0.15) is 0 Å². The molecule has 0 aliphatic carbocycles. The predicted molar refractivity (Wildman–Crippen MR) is 163 cm³/mol. The number of ether oxygens (including phenoxy) is 2. The summed E-state index contributed by atoms with van der Waals surface area (Å²) in [6, 6.07) is 28.2. The third kappa shape index (κ3) is 6.17. The standard InChI is InChI=1S/C25H23ClN2O2.C8H5BrO2/c26-21-7-5-18(6-8-21)23-4-2-1-3-19(23)16-27-11-13-28(14-12-27)22-9-10-24-20(15-22)17-30-25(24)29;9-6-1-2-7-5(3-6)4-11-8(7)10/h1-10,15H,11-14,16-17H2;1-3H,4H2. The summed E-state index contributed by atoms with van der Waals surface area (Å²) in [4.78, 5) is 27.5. The fourth-order valence-corrected chi connectivity index (χ4v) is 5.93. The summed E-state index contributed by atoms with van der Waals surface area (Å²) >= 11 is 9.38. The number of fused-ring (bicyclic) bond motifs is 2. The van der Waals surface area contributed by atoms with Crippen molar-refractivity contribution in [3.63, 3.8) is 0 Å². The number of hydrogen-bond acceptors (Lipinski definition) is 6. The molecule has 0 spiro atoms. The Labute approximate surface area is 252 Å². The molecule has 4 aromatic carbocycles. The number of cyclic esters (lactones) is 2. The number of esters is 2. The number of rotatable bonds is 4. The van der Waals surface area contributed by atoms with Gasteiger partial charge in [0, 0.05) is 59.0 Å². The fourth-order valence-electron chi connectivity index (χ4n) is 5.39. The first kappa shape index (κ1) is 27.5. The Morgan fingerprint density at radius 3 is 2.05 bits per heavy atom. The van der Waals surface area contributed by atoms with Crippen LogP contribution in [0.4, 0.5) is 5.69 Å². The van der Waals surface area contributed by atoms with Crippen LogP contribution in [-0.4, -0.2) is 43.0 Å². The molecule has 0 atom stereocenters. The molecule has 41 heavy (non-hydrogen) atoms. The summed E-state index contributed by atoms with van der Waals surface area (Å²) in [6.07, 6.45) is 0. The summed E-state index contributed by atoms with van der Waals surface area (Å²) in [7, 11) is 0. The van der Waals surface area contributed by atoms with E-state index < -0.39 is 0 Å². The van der Waals surface area contributed by atoms with Crippen LogP contribution in [0, 0.1) is 0 Å². The van der Waals surface area contributed by atoms with Crippen LogP contribution >= 0.6 is 27.5 Å². The number of carbonyl (C=O) groups excluding carboxylic acids is 2. The van der Waals surface area contributed by atoms with E-state index in [1.165, 1.54) is 22.4 Å². The van der Waals surface area contributed by atoms with Crippen LogP contribution in [-0.2, 0) is 29.2 Å². The Kier molecular flexibility index (Phi) is 8.10. The van der Waals surface area contributed by atoms with Gasteiger partial charge in [0.2, 0.25) is 0 Å². The summed E-state index contributed by atoms with van der Waals surface area (Å²) < 4.78 is 10.9. The monoisotopic (exact) mass is 630 g/mol. The molecule has 8 heteroatoms. The second-order valence-electron chi connectivity index (χ2n) is 10.2. The van der Waals surface area contributed by atoms with Crippen LogP contribution in [0.25, 0.3) is 11.1 Å². The van der Waals surface area contributed by atoms with Crippen LogP contribution in [0.5, 0.6) is 0 Å². The van der Waals surface area contributed by atoms with Crippen molar-refractivity contribution in [3.05, 3.63) is 122 Å². The summed E-state index contributed by atoms with van der Waals surface area (Å²) in [6.45, 7) is 5.67. The Morgan fingerprint density at radius 1 is 0.707 bits per heavy atom. The van der Waals surface area contributed by atoms with Gasteiger partial charge in [-0.3, -0.25) is 4.90 Å². The third-order valence-electron chi connectivity index (χ3n) is 7.62. The average Bonchev–Trinajstić information content (AvgIpc) is 3.55. The van der Waals surface area contributed by atoms with E-state index in [2.05, 4.69) is 68.2 Å². The van der Waals surface area contributed by atoms with Crippen LogP contribution in [0.2, 0.25) is 5.02 Å². The van der Waals surface area contributed by atoms with Crippen molar-refractivity contribution in [2.75, 3.05) is 31.1 Å².